The molecule has 82 valence electrons. The summed E-state index contributed by atoms with van der Waals surface area (Å²) in [6.45, 7) is 1.62. The highest BCUT2D eigenvalue weighted by molar-refractivity contribution is 5.99. The van der Waals surface area contributed by atoms with Crippen LogP contribution in [0.3, 0.4) is 0 Å². The van der Waals surface area contributed by atoms with Gasteiger partial charge in [0, 0.05) is 23.6 Å². The van der Waals surface area contributed by atoms with E-state index in [0.29, 0.717) is 24.1 Å². The van der Waals surface area contributed by atoms with Gasteiger partial charge in [-0.25, -0.2) is 0 Å². The summed E-state index contributed by atoms with van der Waals surface area (Å²) in [5, 5.41) is 2.31. The number of carbonyl (C=O) groups is 1. The molecule has 0 aromatic heterocycles. The van der Waals surface area contributed by atoms with E-state index in [2.05, 4.69) is 5.32 Å². The molecule has 1 aliphatic carbocycles. The van der Waals surface area contributed by atoms with Crippen LogP contribution in [0.4, 0.5) is 13.2 Å². The molecular weight excluding hydrogens is 207 g/mol. The zero-order valence-corrected chi connectivity index (χ0v) is 8.11. The van der Waals surface area contributed by atoms with Gasteiger partial charge in [-0.15, -0.1) is 0 Å². The van der Waals surface area contributed by atoms with Crippen molar-refractivity contribution in [3.63, 3.8) is 0 Å². The molecule has 2 nitrogen and oxygen atoms in total. The Labute approximate surface area is 84.8 Å². The van der Waals surface area contributed by atoms with Gasteiger partial charge in [0.2, 0.25) is 0 Å². The average Bonchev–Trinajstić information content (AvgIpc) is 2.46. The van der Waals surface area contributed by atoms with E-state index in [1.165, 1.54) is 0 Å². The van der Waals surface area contributed by atoms with Gasteiger partial charge in [0.05, 0.1) is 0 Å². The van der Waals surface area contributed by atoms with Gasteiger partial charge in [0.15, 0.2) is 5.78 Å². The van der Waals surface area contributed by atoms with Crippen molar-refractivity contribution >= 4 is 5.78 Å². The lowest BCUT2D eigenvalue weighted by atomic mass is 9.95. The number of ketones is 1. The Kier molecular flexibility index (Phi) is 2.13. The lowest BCUT2D eigenvalue weighted by molar-refractivity contribution is -0.115. The Morgan fingerprint density at radius 3 is 2.67 bits per heavy atom. The molecule has 0 aromatic carbocycles. The van der Waals surface area contributed by atoms with E-state index < -0.39 is 17.8 Å². The molecule has 0 aromatic rings. The summed E-state index contributed by atoms with van der Waals surface area (Å²) in [4.78, 5) is 11.4. The van der Waals surface area contributed by atoms with E-state index >= 15 is 0 Å². The Morgan fingerprint density at radius 2 is 2.07 bits per heavy atom. The first-order valence-electron chi connectivity index (χ1n) is 4.72. The summed E-state index contributed by atoms with van der Waals surface area (Å²) >= 11 is 0. The van der Waals surface area contributed by atoms with Crippen LogP contribution in [0.15, 0.2) is 23.0 Å². The van der Waals surface area contributed by atoms with Crippen LogP contribution in [0.1, 0.15) is 19.8 Å². The number of hydrogen-bond acceptors (Lipinski definition) is 2. The second kappa shape index (κ2) is 3.12. The first-order valence-corrected chi connectivity index (χ1v) is 4.72. The van der Waals surface area contributed by atoms with Crippen LogP contribution in [-0.4, -0.2) is 12.0 Å². The fourth-order valence-electron chi connectivity index (χ4n) is 2.04. The lowest BCUT2D eigenvalue weighted by Crippen LogP contribution is -2.30. The molecule has 15 heavy (non-hydrogen) atoms. The number of Topliss-reactive ketones (excluding diaryl/α,β-unsaturated/α-hetero) is 1. The standard InChI is InChI=1S/C10H10F3NO/c1-5-4-8(10(11,12)13)14-6-2-3-7(15)9(5)6/h4-5,14H,2-3H2,1H3. The van der Waals surface area contributed by atoms with E-state index in [0.717, 1.165) is 6.08 Å². The van der Waals surface area contributed by atoms with E-state index in [4.69, 9.17) is 0 Å². The number of carbonyl (C=O) groups excluding carboxylic acids is 1. The summed E-state index contributed by atoms with van der Waals surface area (Å²) < 4.78 is 37.3. The van der Waals surface area contributed by atoms with Crippen molar-refractivity contribution in [2.45, 2.75) is 25.9 Å². The maximum Gasteiger partial charge on any atom is 0.430 e. The largest absolute Gasteiger partial charge is 0.430 e. The van der Waals surface area contributed by atoms with Crippen LogP contribution in [-0.2, 0) is 4.79 Å². The summed E-state index contributed by atoms with van der Waals surface area (Å²) in [7, 11) is 0. The van der Waals surface area contributed by atoms with Gasteiger partial charge >= 0.3 is 6.18 Å². The molecule has 0 radical (unpaired) electrons. The van der Waals surface area contributed by atoms with Gasteiger partial charge in [-0.05, 0) is 12.5 Å². The molecule has 2 rings (SSSR count). The molecule has 0 amide bonds. The molecule has 0 saturated heterocycles. The van der Waals surface area contributed by atoms with Gasteiger partial charge in [-0.1, -0.05) is 6.92 Å². The minimum atomic E-state index is -4.36. The van der Waals surface area contributed by atoms with Crippen molar-refractivity contribution < 1.29 is 18.0 Å². The third-order valence-electron chi connectivity index (χ3n) is 2.69. The molecule has 1 N–H and O–H groups in total. The van der Waals surface area contributed by atoms with Crippen molar-refractivity contribution in [3.05, 3.63) is 23.0 Å². The van der Waals surface area contributed by atoms with E-state index in [1.54, 1.807) is 6.92 Å². The van der Waals surface area contributed by atoms with Gasteiger partial charge in [0.1, 0.15) is 5.70 Å². The van der Waals surface area contributed by atoms with Gasteiger partial charge in [0.25, 0.3) is 0 Å². The SMILES string of the molecule is CC1C=C(C(F)(F)F)NC2=C1C(=O)CC2. The van der Waals surface area contributed by atoms with Gasteiger partial charge < -0.3 is 5.32 Å². The Balaban J connectivity index is 2.31. The van der Waals surface area contributed by atoms with Crippen molar-refractivity contribution in [1.29, 1.82) is 0 Å². The molecule has 1 atom stereocenters. The molecule has 5 heteroatoms. The molecule has 1 unspecified atom stereocenters. The number of nitrogens with one attached hydrogen (secondary N) is 1. The molecule has 1 heterocycles. The van der Waals surface area contributed by atoms with Gasteiger partial charge in [-0.3, -0.25) is 4.79 Å². The van der Waals surface area contributed by atoms with E-state index in [-0.39, 0.29) is 5.78 Å². The Hall–Kier alpha value is -1.26. The molecule has 2 aliphatic rings. The molecular formula is C10H10F3NO. The first kappa shape index (κ1) is 10.3. The van der Waals surface area contributed by atoms with Crippen molar-refractivity contribution in [2.75, 3.05) is 0 Å². The maximum atomic E-state index is 12.4. The number of rotatable bonds is 0. The van der Waals surface area contributed by atoms with Gasteiger partial charge in [-0.2, -0.15) is 13.2 Å². The third-order valence-corrected chi connectivity index (χ3v) is 2.69. The maximum absolute atomic E-state index is 12.4. The topological polar surface area (TPSA) is 29.1 Å². The van der Waals surface area contributed by atoms with Crippen molar-refractivity contribution in [2.24, 2.45) is 5.92 Å². The van der Waals surface area contributed by atoms with Crippen LogP contribution in [0.5, 0.6) is 0 Å². The Morgan fingerprint density at radius 1 is 1.40 bits per heavy atom. The van der Waals surface area contributed by atoms with Crippen LogP contribution in [0.2, 0.25) is 0 Å². The number of hydrogen-bond donors (Lipinski definition) is 1. The average molecular weight is 217 g/mol. The second-order valence-electron chi connectivity index (χ2n) is 3.81. The van der Waals surface area contributed by atoms with E-state index in [9.17, 15) is 18.0 Å². The third kappa shape index (κ3) is 1.66. The fourth-order valence-corrected chi connectivity index (χ4v) is 2.04. The normalized spacial score (nSPS) is 26.3. The Bertz CT molecular complexity index is 379. The predicted molar refractivity (Wildman–Crippen MR) is 47.7 cm³/mol. The number of dihydropyridines is 1. The number of halogens is 3. The van der Waals surface area contributed by atoms with E-state index in [1.807, 2.05) is 0 Å². The lowest BCUT2D eigenvalue weighted by Gasteiger charge is -2.23. The van der Waals surface area contributed by atoms with Crippen LogP contribution >= 0.6 is 0 Å². The summed E-state index contributed by atoms with van der Waals surface area (Å²) in [5.41, 5.74) is 0.216. The summed E-state index contributed by atoms with van der Waals surface area (Å²) in [6.07, 6.45) is -2.58. The summed E-state index contributed by atoms with van der Waals surface area (Å²) in [5.74, 6) is -0.477. The highest BCUT2D eigenvalue weighted by atomic mass is 19.4. The first-order chi connectivity index (χ1) is 6.89. The molecule has 0 bridgehead atoms. The zero-order valence-electron chi connectivity index (χ0n) is 8.11. The van der Waals surface area contributed by atoms with Crippen molar-refractivity contribution in [3.8, 4) is 0 Å². The van der Waals surface area contributed by atoms with Crippen LogP contribution < -0.4 is 5.32 Å². The molecule has 0 fully saturated rings. The smallest absolute Gasteiger partial charge is 0.355 e. The van der Waals surface area contributed by atoms with Crippen LogP contribution in [0.25, 0.3) is 0 Å². The highest BCUT2D eigenvalue weighted by Gasteiger charge is 2.40. The monoisotopic (exact) mass is 217 g/mol. The number of alkyl halides is 3. The minimum absolute atomic E-state index is 0.0394. The zero-order chi connectivity index (χ0) is 11.2. The molecule has 1 aliphatic heterocycles. The fraction of sp³-hybridized carbons (Fsp3) is 0.500. The molecule has 0 spiro atoms. The quantitative estimate of drug-likeness (QED) is 0.674. The minimum Gasteiger partial charge on any atom is -0.355 e. The second-order valence-corrected chi connectivity index (χ2v) is 3.81. The van der Waals surface area contributed by atoms with Crippen LogP contribution in [0, 0.1) is 5.92 Å². The highest BCUT2D eigenvalue weighted by Crippen LogP contribution is 2.36. The predicted octanol–water partition coefficient (Wildman–Crippen LogP) is 2.29. The summed E-state index contributed by atoms with van der Waals surface area (Å²) in [6, 6.07) is 0. The number of allylic oxidation sites excluding steroid dienone is 4. The van der Waals surface area contributed by atoms with Crippen molar-refractivity contribution in [1.82, 2.24) is 5.32 Å². The molecule has 0 saturated carbocycles.